The van der Waals surface area contributed by atoms with Crippen molar-refractivity contribution in [1.29, 1.82) is 0 Å². The van der Waals surface area contributed by atoms with Gasteiger partial charge in [0.2, 0.25) is 0 Å². The average Bonchev–Trinajstić information content (AvgIpc) is 3.49. The number of nitrogens with zero attached hydrogens (tertiary/aromatic N) is 2. The molecule has 1 aliphatic carbocycles. The molecule has 2 saturated heterocycles. The Hall–Kier alpha value is -2.86. The Kier molecular flexibility index (Phi) is 5.17. The molecule has 2 aromatic rings. The first kappa shape index (κ1) is 19.1. The van der Waals surface area contributed by atoms with Gasteiger partial charge in [-0.25, -0.2) is 9.59 Å². The summed E-state index contributed by atoms with van der Waals surface area (Å²) in [5, 5.41) is 0. The number of ether oxygens (including phenoxy) is 2. The van der Waals surface area contributed by atoms with Crippen molar-refractivity contribution >= 4 is 17.7 Å². The number of hydrogen-bond donors (Lipinski definition) is 0. The van der Waals surface area contributed by atoms with Gasteiger partial charge in [-0.1, -0.05) is 18.2 Å². The van der Waals surface area contributed by atoms with E-state index < -0.39 is 0 Å². The van der Waals surface area contributed by atoms with Gasteiger partial charge < -0.3 is 9.47 Å². The van der Waals surface area contributed by atoms with Crippen molar-refractivity contribution in [2.24, 2.45) is 0 Å². The number of benzene rings is 2. The Balaban J connectivity index is 1.15. The molecule has 0 bridgehead atoms. The molecular formula is C24H26N2O4. The second kappa shape index (κ2) is 8.11. The summed E-state index contributed by atoms with van der Waals surface area (Å²) >= 11 is 0. The largest absolute Gasteiger partial charge is 0.457 e. The van der Waals surface area contributed by atoms with Crippen molar-refractivity contribution in [2.45, 2.75) is 38.3 Å². The minimum Gasteiger partial charge on any atom is -0.457 e. The number of carbonyl (C=O) groups excluding carboxylic acids is 2. The summed E-state index contributed by atoms with van der Waals surface area (Å²) in [6.45, 7) is 3.53. The van der Waals surface area contributed by atoms with Gasteiger partial charge in [-0.3, -0.25) is 9.80 Å². The van der Waals surface area contributed by atoms with Crippen molar-refractivity contribution in [1.82, 2.24) is 4.90 Å². The number of esters is 1. The number of rotatable bonds is 5. The zero-order chi connectivity index (χ0) is 20.5. The Morgan fingerprint density at radius 2 is 1.90 bits per heavy atom. The zero-order valence-electron chi connectivity index (χ0n) is 17.0. The lowest BCUT2D eigenvalue weighted by Gasteiger charge is -2.17. The minimum atomic E-state index is -0.347. The molecule has 2 aliphatic heterocycles. The normalized spacial score (nSPS) is 21.0. The second-order valence-electron chi connectivity index (χ2n) is 8.32. The van der Waals surface area contributed by atoms with Crippen molar-refractivity contribution in [3.8, 4) is 0 Å². The number of anilines is 1. The highest BCUT2D eigenvalue weighted by molar-refractivity contribution is 5.92. The molecule has 0 spiro atoms. The van der Waals surface area contributed by atoms with Crippen molar-refractivity contribution < 1.29 is 19.1 Å². The first-order valence-corrected chi connectivity index (χ1v) is 10.7. The van der Waals surface area contributed by atoms with Crippen LogP contribution in [0.25, 0.3) is 0 Å². The van der Waals surface area contributed by atoms with Gasteiger partial charge in [0.25, 0.3) is 0 Å². The van der Waals surface area contributed by atoms with Gasteiger partial charge in [0.1, 0.15) is 12.7 Å². The molecule has 2 fully saturated rings. The number of carbonyl (C=O) groups is 2. The smallest absolute Gasteiger partial charge is 0.414 e. The van der Waals surface area contributed by atoms with Gasteiger partial charge in [-0.05, 0) is 66.6 Å². The third-order valence-electron chi connectivity index (χ3n) is 6.25. The predicted molar refractivity (Wildman–Crippen MR) is 113 cm³/mol. The molecule has 2 heterocycles. The van der Waals surface area contributed by atoms with Crippen LogP contribution in [0.3, 0.4) is 0 Å². The summed E-state index contributed by atoms with van der Waals surface area (Å²) < 4.78 is 10.7. The molecular weight excluding hydrogens is 380 g/mol. The topological polar surface area (TPSA) is 59.1 Å². The molecule has 0 unspecified atom stereocenters. The lowest BCUT2D eigenvalue weighted by molar-refractivity contribution is 0.0320. The highest BCUT2D eigenvalue weighted by Gasteiger charge is 2.27. The van der Waals surface area contributed by atoms with Crippen LogP contribution in [0.15, 0.2) is 42.5 Å². The average molecular weight is 406 g/mol. The number of amides is 1. The molecule has 2 aromatic carbocycles. The van der Waals surface area contributed by atoms with Crippen molar-refractivity contribution in [2.75, 3.05) is 31.1 Å². The summed E-state index contributed by atoms with van der Waals surface area (Å²) in [5.74, 6) is -0.310. The first-order chi connectivity index (χ1) is 14.7. The van der Waals surface area contributed by atoms with Crippen LogP contribution in [-0.2, 0) is 28.9 Å². The van der Waals surface area contributed by atoms with Gasteiger partial charge in [-0.2, -0.15) is 0 Å². The van der Waals surface area contributed by atoms with E-state index >= 15 is 0 Å². The Labute approximate surface area is 176 Å². The summed E-state index contributed by atoms with van der Waals surface area (Å²) in [5.41, 5.74) is 5.58. The number of likely N-dealkylation sites (tertiary alicyclic amines) is 1. The fourth-order valence-electron chi connectivity index (χ4n) is 4.64. The van der Waals surface area contributed by atoms with Gasteiger partial charge in [0, 0.05) is 25.3 Å². The van der Waals surface area contributed by atoms with E-state index in [9.17, 15) is 9.59 Å². The number of hydrogen-bond acceptors (Lipinski definition) is 5. The van der Waals surface area contributed by atoms with Gasteiger partial charge in [0.15, 0.2) is 0 Å². The van der Waals surface area contributed by atoms with Crippen LogP contribution in [0.4, 0.5) is 10.5 Å². The molecule has 0 radical (unpaired) electrons. The Bertz CT molecular complexity index is 956. The van der Waals surface area contributed by atoms with Crippen LogP contribution in [-0.4, -0.2) is 49.3 Å². The minimum absolute atomic E-state index is 0.0832. The zero-order valence-corrected chi connectivity index (χ0v) is 17.0. The van der Waals surface area contributed by atoms with Crippen LogP contribution < -0.4 is 4.90 Å². The maximum atomic E-state index is 12.5. The maximum Gasteiger partial charge on any atom is 0.414 e. The fraction of sp³-hybridized carbons (Fsp3) is 0.417. The lowest BCUT2D eigenvalue weighted by atomic mass is 10.1. The number of cyclic esters (lactones) is 1. The molecule has 1 amide bonds. The van der Waals surface area contributed by atoms with E-state index in [2.05, 4.69) is 23.1 Å². The van der Waals surface area contributed by atoms with Crippen molar-refractivity contribution in [3.05, 3.63) is 64.7 Å². The first-order valence-electron chi connectivity index (χ1n) is 10.7. The summed E-state index contributed by atoms with van der Waals surface area (Å²) in [6, 6.07) is 13.8. The monoisotopic (exact) mass is 406 g/mol. The van der Waals surface area contributed by atoms with E-state index in [4.69, 9.17) is 9.47 Å². The molecule has 0 aromatic heterocycles. The highest BCUT2D eigenvalue weighted by Crippen LogP contribution is 2.25. The van der Waals surface area contributed by atoms with Crippen LogP contribution in [0, 0.1) is 0 Å². The summed E-state index contributed by atoms with van der Waals surface area (Å²) in [6.07, 6.45) is 4.10. The standard InChI is InChI=1S/C24H26N2O4/c27-23(19-6-8-21(9-7-19)26-12-13-29-24(26)28)30-22-10-11-25(16-22)15-17-4-5-18-2-1-3-20(18)14-17/h4-9,14,22H,1-3,10-13,15-16H2/t22-/m0/s1. The van der Waals surface area contributed by atoms with E-state index in [1.807, 2.05) is 0 Å². The molecule has 0 N–H and O–H groups in total. The fourth-order valence-corrected chi connectivity index (χ4v) is 4.64. The van der Waals surface area contributed by atoms with E-state index in [-0.39, 0.29) is 18.2 Å². The molecule has 1 atom stereocenters. The second-order valence-corrected chi connectivity index (χ2v) is 8.32. The van der Waals surface area contributed by atoms with Gasteiger partial charge in [0.05, 0.1) is 12.1 Å². The Morgan fingerprint density at radius 3 is 2.70 bits per heavy atom. The Morgan fingerprint density at radius 1 is 1.07 bits per heavy atom. The van der Waals surface area contributed by atoms with Gasteiger partial charge in [-0.15, -0.1) is 0 Å². The molecule has 6 heteroatoms. The van der Waals surface area contributed by atoms with E-state index in [1.165, 1.54) is 36.0 Å². The molecule has 156 valence electrons. The third-order valence-corrected chi connectivity index (χ3v) is 6.25. The molecule has 3 aliphatic rings. The molecule has 0 saturated carbocycles. The molecule has 5 rings (SSSR count). The summed E-state index contributed by atoms with van der Waals surface area (Å²) in [7, 11) is 0. The van der Waals surface area contributed by atoms with E-state index in [1.54, 1.807) is 29.2 Å². The lowest BCUT2D eigenvalue weighted by Crippen LogP contribution is -2.25. The van der Waals surface area contributed by atoms with Crippen LogP contribution in [0.5, 0.6) is 0 Å². The van der Waals surface area contributed by atoms with Crippen LogP contribution in [0.1, 0.15) is 39.9 Å². The quantitative estimate of drug-likeness (QED) is 0.711. The predicted octanol–water partition coefficient (Wildman–Crippen LogP) is 3.56. The van der Waals surface area contributed by atoms with Gasteiger partial charge >= 0.3 is 12.1 Å². The summed E-state index contributed by atoms with van der Waals surface area (Å²) in [4.78, 5) is 28.1. The molecule has 30 heavy (non-hydrogen) atoms. The number of fused-ring (bicyclic) bond motifs is 1. The third kappa shape index (κ3) is 3.92. The van der Waals surface area contributed by atoms with Crippen LogP contribution in [0.2, 0.25) is 0 Å². The number of aryl methyl sites for hydroxylation is 2. The highest BCUT2D eigenvalue weighted by atomic mass is 16.6. The molecule has 6 nitrogen and oxygen atoms in total. The van der Waals surface area contributed by atoms with Crippen LogP contribution >= 0.6 is 0 Å². The van der Waals surface area contributed by atoms with Crippen molar-refractivity contribution in [3.63, 3.8) is 0 Å². The maximum absolute atomic E-state index is 12.5. The van der Waals surface area contributed by atoms with E-state index in [0.29, 0.717) is 18.7 Å². The SMILES string of the molecule is O=C(O[C@H]1CCN(Cc2ccc3c(c2)CCC3)C1)c1ccc(N2CCOC2=O)cc1. The van der Waals surface area contributed by atoms with E-state index in [0.717, 1.165) is 31.7 Å².